The van der Waals surface area contributed by atoms with E-state index in [-0.39, 0.29) is 16.5 Å². The normalized spacial score (nSPS) is 16.3. The Morgan fingerprint density at radius 3 is 2.18 bits per heavy atom. The fraction of sp³-hybridized carbons (Fsp3) is 0.467. The summed E-state index contributed by atoms with van der Waals surface area (Å²) in [5, 5.41) is 1.56. The second-order valence-electron chi connectivity index (χ2n) is 4.47. The van der Waals surface area contributed by atoms with Crippen LogP contribution in [0.15, 0.2) is 35.6 Å². The molecule has 0 aromatic rings. The van der Waals surface area contributed by atoms with Crippen LogP contribution in [0.5, 0.6) is 0 Å². The Hall–Kier alpha value is -0.330. The van der Waals surface area contributed by atoms with Crippen molar-refractivity contribution in [2.75, 3.05) is 0 Å². The van der Waals surface area contributed by atoms with Crippen molar-refractivity contribution in [1.29, 1.82) is 0 Å². The fourth-order valence-electron chi connectivity index (χ4n) is 1.79. The molecule has 96 valence electrons. The van der Waals surface area contributed by atoms with Gasteiger partial charge in [-0.3, -0.25) is 12.2 Å². The molecule has 17 heavy (non-hydrogen) atoms. The van der Waals surface area contributed by atoms with E-state index in [0.717, 1.165) is 12.8 Å². The van der Waals surface area contributed by atoms with Gasteiger partial charge in [0.2, 0.25) is 0 Å². The van der Waals surface area contributed by atoms with E-state index >= 15 is 0 Å². The first kappa shape index (κ1) is 16.7. The van der Waals surface area contributed by atoms with Crippen LogP contribution in [0.1, 0.15) is 26.7 Å². The first-order chi connectivity index (χ1) is 7.73. The Morgan fingerprint density at radius 1 is 1.18 bits per heavy atom. The SMILES string of the molecule is CC[Si](C)(CC)C1=[C-]CC=C1.[C-]1=CC=CC1.[Ni+2]. The molecule has 0 saturated heterocycles. The molecule has 0 nitrogen and oxygen atoms in total. The molecule has 0 spiro atoms. The molecule has 0 saturated carbocycles. The number of allylic oxidation sites excluding steroid dienone is 8. The average Bonchev–Trinajstić information content (AvgIpc) is 3.01. The zero-order chi connectivity index (χ0) is 11.9. The molecule has 0 aromatic carbocycles. The summed E-state index contributed by atoms with van der Waals surface area (Å²) < 4.78 is 0. The van der Waals surface area contributed by atoms with Crippen molar-refractivity contribution < 1.29 is 16.5 Å². The van der Waals surface area contributed by atoms with Gasteiger partial charge in [0.25, 0.3) is 0 Å². The van der Waals surface area contributed by atoms with Crippen molar-refractivity contribution >= 4 is 8.07 Å². The summed E-state index contributed by atoms with van der Waals surface area (Å²) >= 11 is 0. The Kier molecular flexibility index (Phi) is 8.55. The molecule has 0 radical (unpaired) electrons. The van der Waals surface area contributed by atoms with E-state index in [1.807, 2.05) is 12.2 Å². The zero-order valence-electron chi connectivity index (χ0n) is 11.0. The minimum atomic E-state index is -1.05. The van der Waals surface area contributed by atoms with E-state index < -0.39 is 8.07 Å². The van der Waals surface area contributed by atoms with Crippen LogP contribution in [0.2, 0.25) is 18.6 Å². The van der Waals surface area contributed by atoms with Gasteiger partial charge in [0.15, 0.2) is 0 Å². The quantitative estimate of drug-likeness (QED) is 0.524. The Balaban J connectivity index is 0.000000360. The first-order valence-electron chi connectivity index (χ1n) is 6.22. The van der Waals surface area contributed by atoms with Crippen LogP contribution in [0.25, 0.3) is 0 Å². The van der Waals surface area contributed by atoms with Gasteiger partial charge in [-0.1, -0.05) is 32.5 Å². The van der Waals surface area contributed by atoms with Gasteiger partial charge in [-0.05, 0) is 0 Å². The van der Waals surface area contributed by atoms with Crippen molar-refractivity contribution in [2.24, 2.45) is 0 Å². The molecule has 0 N–H and O–H groups in total. The maximum atomic E-state index is 3.47. The van der Waals surface area contributed by atoms with E-state index in [1.165, 1.54) is 12.1 Å². The average molecular weight is 289 g/mol. The van der Waals surface area contributed by atoms with Crippen LogP contribution in [0.4, 0.5) is 0 Å². The van der Waals surface area contributed by atoms with Crippen molar-refractivity contribution in [2.45, 2.75) is 45.3 Å². The Morgan fingerprint density at radius 2 is 1.88 bits per heavy atom. The predicted molar refractivity (Wildman–Crippen MR) is 74.7 cm³/mol. The van der Waals surface area contributed by atoms with Gasteiger partial charge in [0.1, 0.15) is 0 Å². The summed E-state index contributed by atoms with van der Waals surface area (Å²) in [7, 11) is -1.05. The molecule has 0 aromatic heterocycles. The van der Waals surface area contributed by atoms with Gasteiger partial charge in [-0.2, -0.15) is 12.2 Å². The van der Waals surface area contributed by atoms with Gasteiger partial charge in [0, 0.05) is 8.07 Å². The van der Waals surface area contributed by atoms with Gasteiger partial charge >= 0.3 is 16.5 Å². The van der Waals surface area contributed by atoms with Crippen LogP contribution in [-0.2, 0) is 16.5 Å². The molecule has 0 unspecified atom stereocenters. The van der Waals surface area contributed by atoms with E-state index in [9.17, 15) is 0 Å². The van der Waals surface area contributed by atoms with Crippen molar-refractivity contribution in [1.82, 2.24) is 0 Å². The van der Waals surface area contributed by atoms with E-state index in [1.54, 1.807) is 5.20 Å². The van der Waals surface area contributed by atoms with Gasteiger partial charge in [-0.15, -0.1) is 12.8 Å². The van der Waals surface area contributed by atoms with Gasteiger partial charge in [0.05, 0.1) is 0 Å². The largest absolute Gasteiger partial charge is 2.00 e. The minimum absolute atomic E-state index is 0. The second-order valence-corrected chi connectivity index (χ2v) is 9.54. The first-order valence-corrected chi connectivity index (χ1v) is 9.14. The van der Waals surface area contributed by atoms with Crippen LogP contribution in [-0.4, -0.2) is 8.07 Å². The monoisotopic (exact) mass is 288 g/mol. The van der Waals surface area contributed by atoms with E-state index in [2.05, 4.69) is 50.8 Å². The third kappa shape index (κ3) is 5.23. The summed E-state index contributed by atoms with van der Waals surface area (Å²) in [5.74, 6) is 0. The molecule has 0 heterocycles. The maximum Gasteiger partial charge on any atom is 2.00 e. The van der Waals surface area contributed by atoms with Crippen molar-refractivity contribution in [3.8, 4) is 0 Å². The molecule has 0 atom stereocenters. The van der Waals surface area contributed by atoms with Gasteiger partial charge < -0.3 is 0 Å². The predicted octanol–water partition coefficient (Wildman–Crippen LogP) is 4.64. The molecule has 0 aliphatic heterocycles. The second kappa shape index (κ2) is 8.72. The number of hydrogen-bond donors (Lipinski definition) is 0. The van der Waals surface area contributed by atoms with Crippen LogP contribution >= 0.6 is 0 Å². The summed E-state index contributed by atoms with van der Waals surface area (Å²) in [5.41, 5.74) is 0. The Labute approximate surface area is 118 Å². The molecule has 2 aliphatic rings. The standard InChI is InChI=1S/C10H17Si.C5H5.Ni/c1-4-11(3,5-2)10-8-6-7-9-10;1-2-4-5-3-1;/h6,8H,4-5,7H2,1-3H3;1-3H,4H2;/q2*-1;+2. The van der Waals surface area contributed by atoms with Crippen molar-refractivity contribution in [3.05, 3.63) is 47.7 Å². The molecule has 0 bridgehead atoms. The van der Waals surface area contributed by atoms with Crippen molar-refractivity contribution in [3.63, 3.8) is 0 Å². The third-order valence-electron chi connectivity index (χ3n) is 3.49. The molecular weight excluding hydrogens is 267 g/mol. The van der Waals surface area contributed by atoms with Crippen LogP contribution in [0.3, 0.4) is 0 Å². The molecule has 2 rings (SSSR count). The topological polar surface area (TPSA) is 0 Å². The third-order valence-corrected chi connectivity index (χ3v) is 8.26. The summed E-state index contributed by atoms with van der Waals surface area (Å²) in [6.45, 7) is 7.10. The Bertz CT molecular complexity index is 310. The van der Waals surface area contributed by atoms with E-state index in [4.69, 9.17) is 0 Å². The molecule has 2 aliphatic carbocycles. The van der Waals surface area contributed by atoms with E-state index in [0.29, 0.717) is 0 Å². The maximum absolute atomic E-state index is 3.47. The zero-order valence-corrected chi connectivity index (χ0v) is 13.0. The number of hydrogen-bond acceptors (Lipinski definition) is 0. The van der Waals surface area contributed by atoms with Crippen LogP contribution < -0.4 is 0 Å². The number of rotatable bonds is 3. The minimum Gasteiger partial charge on any atom is -0.274 e. The smallest absolute Gasteiger partial charge is 0.274 e. The molecule has 2 heteroatoms. The molecule has 0 fully saturated rings. The summed E-state index contributed by atoms with van der Waals surface area (Å²) in [6.07, 6.45) is 19.0. The van der Waals surface area contributed by atoms with Gasteiger partial charge in [-0.25, -0.2) is 23.4 Å². The fourth-order valence-corrected chi connectivity index (χ4v) is 4.10. The molecule has 0 amide bonds. The molecular formula is C15H22NiSi. The van der Waals surface area contributed by atoms with Crippen LogP contribution in [0, 0.1) is 12.2 Å². The summed E-state index contributed by atoms with van der Waals surface area (Å²) in [6, 6.07) is 2.71. The summed E-state index contributed by atoms with van der Waals surface area (Å²) in [4.78, 5) is 0.